The van der Waals surface area contributed by atoms with Gasteiger partial charge in [0.1, 0.15) is 12.4 Å². The molecule has 0 spiro atoms. The predicted molar refractivity (Wildman–Crippen MR) is 138 cm³/mol. The number of nitrogens with one attached hydrogen (secondary N) is 2. The minimum absolute atomic E-state index is 0.0460. The van der Waals surface area contributed by atoms with Gasteiger partial charge in [-0.05, 0) is 47.4 Å². The highest BCUT2D eigenvalue weighted by atomic mass is 35.5. The summed E-state index contributed by atoms with van der Waals surface area (Å²) in [5.41, 5.74) is 5.94. The van der Waals surface area contributed by atoms with Gasteiger partial charge in [0.05, 0.1) is 34.5 Å². The lowest BCUT2D eigenvalue weighted by atomic mass is 10.00. The van der Waals surface area contributed by atoms with Crippen molar-refractivity contribution in [2.24, 2.45) is 0 Å². The molecule has 37 heavy (non-hydrogen) atoms. The number of imidazole rings is 1. The van der Waals surface area contributed by atoms with Crippen molar-refractivity contribution in [3.63, 3.8) is 0 Å². The lowest BCUT2D eigenvalue weighted by Gasteiger charge is -2.15. The van der Waals surface area contributed by atoms with Gasteiger partial charge in [0, 0.05) is 12.2 Å². The Bertz CT molecular complexity index is 1640. The number of rotatable bonds is 5. The molecule has 2 aliphatic rings. The molecule has 3 aromatic carbocycles. The number of H-pyrrole nitrogens is 2. The highest BCUT2D eigenvalue weighted by molar-refractivity contribution is 6.34. The SMILES string of the molecule is O=c1[nH]cnn1-c1ccc(-c2ccc(-c3cc4nc(O[C@@H]5CO[C@@H]6CCO[C@@H]65)[nH]c4cc3Cl)cc2)cc1. The smallest absolute Gasteiger partial charge is 0.347 e. The van der Waals surface area contributed by atoms with Crippen molar-refractivity contribution in [2.75, 3.05) is 13.2 Å². The number of fused-ring (bicyclic) bond motifs is 2. The second-order valence-corrected chi connectivity index (χ2v) is 9.58. The summed E-state index contributed by atoms with van der Waals surface area (Å²) in [5, 5.41) is 4.63. The van der Waals surface area contributed by atoms with E-state index in [0.29, 0.717) is 29.9 Å². The summed E-state index contributed by atoms with van der Waals surface area (Å²) in [6.07, 6.45) is 2.16. The largest absolute Gasteiger partial charge is 0.456 e. The Labute approximate surface area is 216 Å². The molecule has 2 fully saturated rings. The van der Waals surface area contributed by atoms with Crippen molar-refractivity contribution >= 4 is 22.6 Å². The van der Waals surface area contributed by atoms with Crippen LogP contribution in [0.3, 0.4) is 0 Å². The van der Waals surface area contributed by atoms with Crippen LogP contribution in [0.2, 0.25) is 5.02 Å². The van der Waals surface area contributed by atoms with Gasteiger partial charge in [-0.15, -0.1) is 0 Å². The number of hydrogen-bond donors (Lipinski definition) is 2. The van der Waals surface area contributed by atoms with Crippen LogP contribution in [0.4, 0.5) is 0 Å². The Morgan fingerprint density at radius 1 is 1.00 bits per heavy atom. The van der Waals surface area contributed by atoms with Crippen LogP contribution in [0.5, 0.6) is 6.01 Å². The van der Waals surface area contributed by atoms with Crippen LogP contribution in [0.15, 0.2) is 71.8 Å². The van der Waals surface area contributed by atoms with Crippen LogP contribution in [-0.4, -0.2) is 56.3 Å². The minimum Gasteiger partial charge on any atom is -0.456 e. The second kappa shape index (κ2) is 8.88. The maximum absolute atomic E-state index is 11.8. The Morgan fingerprint density at radius 3 is 2.51 bits per heavy atom. The molecule has 2 saturated heterocycles. The fourth-order valence-corrected chi connectivity index (χ4v) is 5.31. The number of aromatic amines is 2. The third-order valence-electron chi connectivity index (χ3n) is 6.93. The first-order valence-corrected chi connectivity index (χ1v) is 12.4. The van der Waals surface area contributed by atoms with Gasteiger partial charge in [0.15, 0.2) is 6.10 Å². The summed E-state index contributed by atoms with van der Waals surface area (Å²) < 4.78 is 18.9. The molecule has 5 aromatic rings. The molecule has 7 rings (SSSR count). The third-order valence-corrected chi connectivity index (χ3v) is 7.24. The van der Waals surface area contributed by atoms with Crippen molar-refractivity contribution in [3.8, 4) is 34.0 Å². The maximum Gasteiger partial charge on any atom is 0.347 e. The van der Waals surface area contributed by atoms with Crippen LogP contribution in [-0.2, 0) is 9.47 Å². The Hall–Kier alpha value is -3.92. The zero-order chi connectivity index (χ0) is 24.9. The second-order valence-electron chi connectivity index (χ2n) is 9.17. The maximum atomic E-state index is 11.8. The molecular formula is C27H22ClN5O4. The van der Waals surface area contributed by atoms with Crippen LogP contribution in [0, 0.1) is 0 Å². The van der Waals surface area contributed by atoms with Gasteiger partial charge in [0.25, 0.3) is 6.01 Å². The molecule has 4 heterocycles. The molecule has 0 amide bonds. The fourth-order valence-electron chi connectivity index (χ4n) is 5.04. The minimum atomic E-state index is -0.273. The number of halogens is 1. The molecular weight excluding hydrogens is 494 g/mol. The van der Waals surface area contributed by atoms with Gasteiger partial charge in [-0.25, -0.2) is 4.79 Å². The van der Waals surface area contributed by atoms with E-state index in [9.17, 15) is 4.79 Å². The zero-order valence-electron chi connectivity index (χ0n) is 19.6. The summed E-state index contributed by atoms with van der Waals surface area (Å²) in [6, 6.07) is 20.1. The number of aromatic nitrogens is 5. The topological polar surface area (TPSA) is 107 Å². The van der Waals surface area contributed by atoms with Gasteiger partial charge in [-0.3, -0.25) is 4.98 Å². The highest BCUT2D eigenvalue weighted by Gasteiger charge is 2.43. The first kappa shape index (κ1) is 22.3. The first-order chi connectivity index (χ1) is 18.1. The van der Waals surface area contributed by atoms with E-state index < -0.39 is 0 Å². The molecule has 0 unspecified atom stereocenters. The van der Waals surface area contributed by atoms with E-state index >= 15 is 0 Å². The number of hydrogen-bond acceptors (Lipinski definition) is 6. The van der Waals surface area contributed by atoms with Crippen molar-refractivity contribution in [1.82, 2.24) is 24.7 Å². The van der Waals surface area contributed by atoms with E-state index in [-0.39, 0.29) is 24.0 Å². The molecule has 0 saturated carbocycles. The van der Waals surface area contributed by atoms with Crippen molar-refractivity contribution in [3.05, 3.63) is 82.5 Å². The van der Waals surface area contributed by atoms with Gasteiger partial charge in [-0.1, -0.05) is 48.0 Å². The summed E-state index contributed by atoms with van der Waals surface area (Å²) in [5.74, 6) is 0. The normalized spacial score (nSPS) is 20.9. The molecule has 0 aliphatic carbocycles. The van der Waals surface area contributed by atoms with Crippen LogP contribution < -0.4 is 10.4 Å². The molecule has 9 nitrogen and oxygen atoms in total. The third kappa shape index (κ3) is 4.01. The van der Waals surface area contributed by atoms with Crippen LogP contribution in [0.25, 0.3) is 39.0 Å². The molecule has 3 atom stereocenters. The fraction of sp³-hybridized carbons (Fsp3) is 0.222. The van der Waals surface area contributed by atoms with E-state index in [0.717, 1.165) is 39.7 Å². The Balaban J connectivity index is 1.12. The van der Waals surface area contributed by atoms with E-state index in [1.165, 1.54) is 11.0 Å². The summed E-state index contributed by atoms with van der Waals surface area (Å²) in [4.78, 5) is 22.2. The van der Waals surface area contributed by atoms with Crippen molar-refractivity contribution in [1.29, 1.82) is 0 Å². The van der Waals surface area contributed by atoms with Crippen LogP contribution in [0.1, 0.15) is 6.42 Å². The molecule has 2 aliphatic heterocycles. The van der Waals surface area contributed by atoms with E-state index in [1.807, 2.05) is 60.7 Å². The van der Waals surface area contributed by atoms with Gasteiger partial charge >= 0.3 is 5.69 Å². The van der Waals surface area contributed by atoms with E-state index in [2.05, 4.69) is 20.1 Å². The monoisotopic (exact) mass is 515 g/mol. The lowest BCUT2D eigenvalue weighted by Crippen LogP contribution is -2.32. The highest BCUT2D eigenvalue weighted by Crippen LogP contribution is 2.35. The van der Waals surface area contributed by atoms with E-state index in [1.54, 1.807) is 0 Å². The molecule has 0 radical (unpaired) electrons. The van der Waals surface area contributed by atoms with Crippen molar-refractivity contribution < 1.29 is 14.2 Å². The van der Waals surface area contributed by atoms with Crippen LogP contribution >= 0.6 is 11.6 Å². The number of ether oxygens (including phenoxy) is 3. The predicted octanol–water partition coefficient (Wildman–Crippen LogP) is 4.36. The quantitative estimate of drug-likeness (QED) is 0.360. The van der Waals surface area contributed by atoms with Gasteiger partial charge in [-0.2, -0.15) is 14.8 Å². The number of nitrogens with zero attached hydrogens (tertiary/aromatic N) is 3. The summed E-state index contributed by atoms with van der Waals surface area (Å²) >= 11 is 6.66. The first-order valence-electron chi connectivity index (χ1n) is 12.1. The average Bonchev–Trinajstić information content (AvgIpc) is 3.70. The molecule has 2 N–H and O–H groups in total. The molecule has 186 valence electrons. The average molecular weight is 516 g/mol. The summed E-state index contributed by atoms with van der Waals surface area (Å²) in [7, 11) is 0. The van der Waals surface area contributed by atoms with Gasteiger partial charge in [0.2, 0.25) is 0 Å². The molecule has 0 bridgehead atoms. The Morgan fingerprint density at radius 2 is 1.76 bits per heavy atom. The zero-order valence-corrected chi connectivity index (χ0v) is 20.3. The Kier molecular flexibility index (Phi) is 5.35. The summed E-state index contributed by atoms with van der Waals surface area (Å²) in [6.45, 7) is 1.19. The van der Waals surface area contributed by atoms with Gasteiger partial charge < -0.3 is 19.2 Å². The standard InChI is InChI=1S/C27H22ClN5O4/c28-20-12-22-21(31-26(32-22)37-24-13-36-23-9-10-35-25(23)24)11-19(20)17-3-1-15(2-4-17)16-5-7-18(8-6-16)33-27(34)29-14-30-33/h1-8,11-12,14,23-25H,9-10,13H2,(H,31,32)(H,29,30,34)/t23-,24-,25+/m1/s1. The number of benzene rings is 3. The molecule has 10 heteroatoms. The molecule has 2 aromatic heterocycles. The van der Waals surface area contributed by atoms with E-state index in [4.69, 9.17) is 25.8 Å². The lowest BCUT2D eigenvalue weighted by molar-refractivity contribution is 0.0273. The van der Waals surface area contributed by atoms with Crippen molar-refractivity contribution in [2.45, 2.75) is 24.7 Å².